The van der Waals surface area contributed by atoms with E-state index in [1.165, 1.54) is 0 Å². The van der Waals surface area contributed by atoms with Crippen LogP contribution in [-0.2, 0) is 9.59 Å². The van der Waals surface area contributed by atoms with Gasteiger partial charge in [0.25, 0.3) is 11.5 Å². The van der Waals surface area contributed by atoms with Gasteiger partial charge in [-0.2, -0.15) is 4.98 Å². The SMILES string of the molecule is Nc1nc2c(c(=O)[nH]1)N1CN(c3ccc(C(=O)N[C@@H](CCC(=O)[O-])C(=O)O)cc3)C[C@@H]1CN2.[Na+]. The fourth-order valence-electron chi connectivity index (χ4n) is 4.00. The molecule has 0 saturated carbocycles. The maximum atomic E-state index is 12.4. The zero-order chi connectivity index (χ0) is 23.7. The third-order valence-electron chi connectivity index (χ3n) is 5.64. The minimum atomic E-state index is -1.39. The second-order valence-electron chi connectivity index (χ2n) is 7.84. The van der Waals surface area contributed by atoms with Crippen LogP contribution in [-0.4, -0.2) is 64.8 Å². The molecule has 2 atom stereocenters. The van der Waals surface area contributed by atoms with Gasteiger partial charge in [0.1, 0.15) is 11.7 Å². The maximum absolute atomic E-state index is 12.4. The zero-order valence-corrected chi connectivity index (χ0v) is 20.4. The Morgan fingerprint density at radius 1 is 1.29 bits per heavy atom. The molecule has 0 radical (unpaired) electrons. The number of hydrogen-bond acceptors (Lipinski definition) is 10. The number of amides is 1. The normalized spacial score (nSPS) is 17.0. The van der Waals surface area contributed by atoms with Gasteiger partial charge in [0.05, 0.1) is 12.7 Å². The Hall–Kier alpha value is -3.29. The van der Waals surface area contributed by atoms with E-state index in [1.54, 1.807) is 24.3 Å². The quantitative estimate of drug-likeness (QED) is 0.239. The van der Waals surface area contributed by atoms with Crippen molar-refractivity contribution in [1.29, 1.82) is 0 Å². The summed E-state index contributed by atoms with van der Waals surface area (Å²) in [6, 6.07) is 5.26. The number of carbonyl (C=O) groups excluding carboxylic acids is 2. The van der Waals surface area contributed by atoms with Crippen LogP contribution in [0.1, 0.15) is 23.2 Å². The number of hydrogen-bond donors (Lipinski definition) is 5. The molecule has 14 heteroatoms. The molecular formula is C20H22N7NaO6. The maximum Gasteiger partial charge on any atom is 1.00 e. The Bertz CT molecular complexity index is 1160. The topological polar surface area (TPSA) is 197 Å². The van der Waals surface area contributed by atoms with Gasteiger partial charge in [-0.05, 0) is 37.1 Å². The van der Waals surface area contributed by atoms with Crippen LogP contribution in [0.3, 0.4) is 0 Å². The molecule has 6 N–H and O–H groups in total. The van der Waals surface area contributed by atoms with Gasteiger partial charge in [0.2, 0.25) is 5.95 Å². The second-order valence-corrected chi connectivity index (χ2v) is 7.84. The van der Waals surface area contributed by atoms with E-state index in [2.05, 4.69) is 20.6 Å². The smallest absolute Gasteiger partial charge is 0.550 e. The molecule has 1 saturated heterocycles. The Labute approximate surface area is 215 Å². The van der Waals surface area contributed by atoms with Gasteiger partial charge in [-0.1, -0.05) is 0 Å². The van der Waals surface area contributed by atoms with Crippen molar-refractivity contribution in [3.63, 3.8) is 0 Å². The van der Waals surface area contributed by atoms with Crippen LogP contribution >= 0.6 is 0 Å². The molecule has 0 aliphatic carbocycles. The van der Waals surface area contributed by atoms with Crippen LogP contribution in [0.4, 0.5) is 23.1 Å². The number of carboxylic acids is 2. The van der Waals surface area contributed by atoms with Gasteiger partial charge >= 0.3 is 35.5 Å². The molecule has 0 spiro atoms. The van der Waals surface area contributed by atoms with Gasteiger partial charge < -0.3 is 41.2 Å². The molecule has 1 amide bonds. The van der Waals surface area contributed by atoms with Gasteiger partial charge in [0, 0.05) is 30.3 Å². The number of nitrogens with two attached hydrogens (primary N) is 1. The van der Waals surface area contributed by atoms with Crippen LogP contribution < -0.4 is 66.4 Å². The Morgan fingerprint density at radius 2 is 2.00 bits per heavy atom. The standard InChI is InChI=1S/C20H23N7O6.Na/c21-20-24-16-15(18(31)25-20)27-9-26(8-12(27)7-22-16)11-3-1-10(2-4-11)17(30)23-13(19(32)33)5-6-14(28)29;/h1-4,12-13H,5-9H2,(H,23,30)(H,28,29)(H,32,33)(H4,21,22,24,25,31);/q;+1/p-1/t12-,13-;/m0./s1. The number of fused-ring (bicyclic) bond motifs is 3. The van der Waals surface area contributed by atoms with Crippen LogP contribution in [0.15, 0.2) is 29.1 Å². The van der Waals surface area contributed by atoms with Crippen molar-refractivity contribution in [3.05, 3.63) is 40.2 Å². The summed E-state index contributed by atoms with van der Waals surface area (Å²) in [5.74, 6) is -2.86. The zero-order valence-electron chi connectivity index (χ0n) is 18.4. The molecule has 2 aromatic rings. The molecule has 2 aliphatic heterocycles. The van der Waals surface area contributed by atoms with Crippen molar-refractivity contribution in [1.82, 2.24) is 15.3 Å². The molecular weight excluding hydrogens is 457 g/mol. The van der Waals surface area contributed by atoms with Crippen molar-refractivity contribution < 1.29 is 54.2 Å². The number of nitrogen functional groups attached to an aromatic ring is 1. The summed E-state index contributed by atoms with van der Waals surface area (Å²) in [7, 11) is 0. The summed E-state index contributed by atoms with van der Waals surface area (Å²) >= 11 is 0. The molecule has 0 bridgehead atoms. The van der Waals surface area contributed by atoms with E-state index in [-0.39, 0.29) is 59.1 Å². The minimum absolute atomic E-state index is 0. The van der Waals surface area contributed by atoms with E-state index in [0.717, 1.165) is 5.69 Å². The third-order valence-corrected chi connectivity index (χ3v) is 5.64. The van der Waals surface area contributed by atoms with Crippen molar-refractivity contribution in [2.45, 2.75) is 24.9 Å². The van der Waals surface area contributed by atoms with Crippen LogP contribution in [0, 0.1) is 0 Å². The van der Waals surface area contributed by atoms with E-state index in [0.29, 0.717) is 31.3 Å². The molecule has 13 nitrogen and oxygen atoms in total. The summed E-state index contributed by atoms with van der Waals surface area (Å²) in [4.78, 5) is 57.4. The molecule has 2 aliphatic rings. The number of benzene rings is 1. The number of anilines is 4. The largest absolute Gasteiger partial charge is 1.00 e. The van der Waals surface area contributed by atoms with Crippen molar-refractivity contribution >= 4 is 41.0 Å². The fourth-order valence-corrected chi connectivity index (χ4v) is 4.00. The van der Waals surface area contributed by atoms with Crippen LogP contribution in [0.25, 0.3) is 0 Å². The van der Waals surface area contributed by atoms with Crippen LogP contribution in [0.5, 0.6) is 0 Å². The third kappa shape index (κ3) is 5.26. The van der Waals surface area contributed by atoms with Crippen LogP contribution in [0.2, 0.25) is 0 Å². The first-order valence-corrected chi connectivity index (χ1v) is 10.2. The Morgan fingerprint density at radius 3 is 2.65 bits per heavy atom. The molecule has 3 heterocycles. The van der Waals surface area contributed by atoms with Crippen molar-refractivity contribution in [3.8, 4) is 0 Å². The number of aliphatic carboxylic acids is 2. The summed E-state index contributed by atoms with van der Waals surface area (Å²) < 4.78 is 0. The average Bonchev–Trinajstić information content (AvgIpc) is 3.20. The number of carboxylic acid groups (broad SMARTS) is 2. The fraction of sp³-hybridized carbons (Fsp3) is 0.350. The molecule has 0 unspecified atom stereocenters. The van der Waals surface area contributed by atoms with E-state index >= 15 is 0 Å². The van der Waals surface area contributed by atoms with Crippen molar-refractivity contribution in [2.24, 2.45) is 0 Å². The number of rotatable bonds is 7. The summed E-state index contributed by atoms with van der Waals surface area (Å²) in [6.07, 6.45) is -0.757. The Kier molecular flexibility index (Phi) is 7.69. The van der Waals surface area contributed by atoms with E-state index in [4.69, 9.17) is 5.73 Å². The van der Waals surface area contributed by atoms with Gasteiger partial charge in [-0.3, -0.25) is 14.6 Å². The summed E-state index contributed by atoms with van der Waals surface area (Å²) in [5.41, 5.74) is 6.77. The molecule has 1 aromatic heterocycles. The van der Waals surface area contributed by atoms with Gasteiger partial charge in [0.15, 0.2) is 5.82 Å². The monoisotopic (exact) mass is 479 g/mol. The molecule has 1 aromatic carbocycles. The first-order valence-electron chi connectivity index (χ1n) is 10.2. The van der Waals surface area contributed by atoms with E-state index < -0.39 is 30.3 Å². The molecule has 4 rings (SSSR count). The number of carbonyl (C=O) groups is 3. The van der Waals surface area contributed by atoms with Crippen molar-refractivity contribution in [2.75, 3.05) is 40.6 Å². The molecule has 174 valence electrons. The number of H-pyrrole nitrogens is 1. The second kappa shape index (κ2) is 10.3. The first-order chi connectivity index (χ1) is 15.7. The van der Waals surface area contributed by atoms with Gasteiger partial charge in [-0.15, -0.1) is 0 Å². The molecule has 1 fully saturated rings. The number of nitrogens with one attached hydrogen (secondary N) is 3. The predicted octanol–water partition coefficient (Wildman–Crippen LogP) is -4.85. The van der Waals surface area contributed by atoms with E-state index in [1.807, 2.05) is 9.80 Å². The average molecular weight is 479 g/mol. The Balaban J connectivity index is 0.00000324. The first kappa shape index (κ1) is 25.3. The predicted molar refractivity (Wildman–Crippen MR) is 116 cm³/mol. The van der Waals surface area contributed by atoms with Gasteiger partial charge in [-0.25, -0.2) is 4.79 Å². The van der Waals surface area contributed by atoms with E-state index in [9.17, 15) is 29.4 Å². The molecule has 34 heavy (non-hydrogen) atoms. The number of aromatic amines is 1. The number of aromatic nitrogens is 2. The minimum Gasteiger partial charge on any atom is -0.550 e. The summed E-state index contributed by atoms with van der Waals surface area (Å²) in [6.45, 7) is 1.65. The number of nitrogens with zero attached hydrogens (tertiary/aromatic N) is 3. The summed E-state index contributed by atoms with van der Waals surface area (Å²) in [5, 5.41) is 25.2.